The van der Waals surface area contributed by atoms with Gasteiger partial charge in [-0.25, -0.2) is 4.68 Å². The number of ether oxygens (including phenoxy) is 1. The van der Waals surface area contributed by atoms with Gasteiger partial charge in [-0.3, -0.25) is 14.5 Å². The molecular formula is C24H29N5O3. The van der Waals surface area contributed by atoms with Crippen LogP contribution in [0.5, 0.6) is 5.75 Å². The van der Waals surface area contributed by atoms with Gasteiger partial charge < -0.3 is 15.4 Å². The lowest BCUT2D eigenvalue weighted by atomic mass is 10.2. The molecule has 0 radical (unpaired) electrons. The zero-order valence-electron chi connectivity index (χ0n) is 19.1. The number of amides is 2. The first kappa shape index (κ1) is 23.0. The molecule has 2 amide bonds. The number of aromatic nitrogens is 2. The normalized spacial score (nSPS) is 10.8. The minimum absolute atomic E-state index is 0.0740. The average Bonchev–Trinajstić information content (AvgIpc) is 3.02. The molecule has 2 aromatic carbocycles. The van der Waals surface area contributed by atoms with Crippen molar-refractivity contribution in [2.75, 3.05) is 37.9 Å². The number of hydrogen-bond acceptors (Lipinski definition) is 5. The van der Waals surface area contributed by atoms with Crippen LogP contribution in [0.4, 0.5) is 11.4 Å². The maximum absolute atomic E-state index is 12.6. The van der Waals surface area contributed by atoms with Gasteiger partial charge in [0.1, 0.15) is 5.75 Å². The monoisotopic (exact) mass is 435 g/mol. The van der Waals surface area contributed by atoms with E-state index >= 15 is 0 Å². The van der Waals surface area contributed by atoms with Crippen LogP contribution in [0.25, 0.3) is 5.69 Å². The summed E-state index contributed by atoms with van der Waals surface area (Å²) in [7, 11) is 3.31. The number of carbonyl (C=O) groups excluding carboxylic acids is 2. The first-order chi connectivity index (χ1) is 15.3. The van der Waals surface area contributed by atoms with Crippen molar-refractivity contribution >= 4 is 23.2 Å². The third-order valence-corrected chi connectivity index (χ3v) is 5.04. The van der Waals surface area contributed by atoms with Crippen molar-refractivity contribution < 1.29 is 14.3 Å². The summed E-state index contributed by atoms with van der Waals surface area (Å²) in [5.41, 5.74) is 5.04. The summed E-state index contributed by atoms with van der Waals surface area (Å²) >= 11 is 0. The predicted molar refractivity (Wildman–Crippen MR) is 126 cm³/mol. The van der Waals surface area contributed by atoms with E-state index in [2.05, 4.69) is 15.7 Å². The molecule has 32 heavy (non-hydrogen) atoms. The number of benzene rings is 2. The number of likely N-dealkylation sites (N-methyl/N-ethyl adjacent to an activating group) is 1. The molecule has 0 aliphatic carbocycles. The van der Waals surface area contributed by atoms with Crippen LogP contribution in [-0.4, -0.2) is 53.7 Å². The Bertz CT molecular complexity index is 1090. The zero-order valence-corrected chi connectivity index (χ0v) is 19.1. The van der Waals surface area contributed by atoms with E-state index in [0.29, 0.717) is 17.1 Å². The molecule has 2 N–H and O–H groups in total. The van der Waals surface area contributed by atoms with Crippen molar-refractivity contribution in [3.8, 4) is 11.4 Å². The lowest BCUT2D eigenvalue weighted by molar-refractivity contribution is -0.119. The van der Waals surface area contributed by atoms with Crippen LogP contribution in [0.3, 0.4) is 0 Å². The second kappa shape index (κ2) is 10.1. The number of nitrogens with one attached hydrogen (secondary N) is 2. The van der Waals surface area contributed by atoms with Crippen molar-refractivity contribution in [1.29, 1.82) is 0 Å². The fourth-order valence-electron chi connectivity index (χ4n) is 3.36. The molecule has 1 aromatic heterocycles. The second-order valence-electron chi connectivity index (χ2n) is 7.79. The third kappa shape index (κ3) is 5.73. The van der Waals surface area contributed by atoms with E-state index in [0.717, 1.165) is 17.1 Å². The van der Waals surface area contributed by atoms with Gasteiger partial charge in [-0.05, 0) is 64.2 Å². The van der Waals surface area contributed by atoms with E-state index in [1.165, 1.54) is 5.56 Å². The SMILES string of the molecule is COc1ccc(NC(=O)CN(C)CC(=O)Nc2c(C)nn(-c3ccc(C)cc3)c2C)cc1. The van der Waals surface area contributed by atoms with Crippen molar-refractivity contribution in [3.63, 3.8) is 0 Å². The van der Waals surface area contributed by atoms with Gasteiger partial charge in [0, 0.05) is 5.69 Å². The van der Waals surface area contributed by atoms with Crippen LogP contribution >= 0.6 is 0 Å². The van der Waals surface area contributed by atoms with Gasteiger partial charge in [0.05, 0.1) is 43.0 Å². The van der Waals surface area contributed by atoms with E-state index < -0.39 is 0 Å². The molecule has 8 nitrogen and oxygen atoms in total. The number of anilines is 2. The van der Waals surface area contributed by atoms with Crippen molar-refractivity contribution in [2.24, 2.45) is 0 Å². The van der Waals surface area contributed by atoms with Gasteiger partial charge in [-0.2, -0.15) is 5.10 Å². The Labute approximate surface area is 188 Å². The van der Waals surface area contributed by atoms with E-state index in [9.17, 15) is 9.59 Å². The minimum Gasteiger partial charge on any atom is -0.497 e. The number of rotatable bonds is 8. The lowest BCUT2D eigenvalue weighted by Crippen LogP contribution is -2.36. The summed E-state index contributed by atoms with van der Waals surface area (Å²) in [5.74, 6) is 0.303. The summed E-state index contributed by atoms with van der Waals surface area (Å²) in [4.78, 5) is 26.5. The molecular weight excluding hydrogens is 406 g/mol. The van der Waals surface area contributed by atoms with Crippen LogP contribution in [0.15, 0.2) is 48.5 Å². The maximum atomic E-state index is 12.6. The van der Waals surface area contributed by atoms with E-state index in [4.69, 9.17) is 4.74 Å². The number of nitrogens with zero attached hydrogens (tertiary/aromatic N) is 3. The topological polar surface area (TPSA) is 88.5 Å². The van der Waals surface area contributed by atoms with Crippen LogP contribution in [-0.2, 0) is 9.59 Å². The first-order valence-corrected chi connectivity index (χ1v) is 10.3. The van der Waals surface area contributed by atoms with Crippen LogP contribution in [0, 0.1) is 20.8 Å². The summed E-state index contributed by atoms with van der Waals surface area (Å²) in [6.45, 7) is 5.97. The smallest absolute Gasteiger partial charge is 0.238 e. The van der Waals surface area contributed by atoms with Crippen LogP contribution in [0.2, 0.25) is 0 Å². The largest absolute Gasteiger partial charge is 0.497 e. The number of carbonyl (C=O) groups is 2. The lowest BCUT2D eigenvalue weighted by Gasteiger charge is -2.16. The Hall–Kier alpha value is -3.65. The summed E-state index contributed by atoms with van der Waals surface area (Å²) in [6, 6.07) is 15.1. The van der Waals surface area contributed by atoms with Gasteiger partial charge in [-0.15, -0.1) is 0 Å². The van der Waals surface area contributed by atoms with Crippen molar-refractivity contribution in [3.05, 3.63) is 65.5 Å². The highest BCUT2D eigenvalue weighted by atomic mass is 16.5. The van der Waals surface area contributed by atoms with Gasteiger partial charge in [0.15, 0.2) is 0 Å². The quantitative estimate of drug-likeness (QED) is 0.567. The molecule has 0 atom stereocenters. The highest BCUT2D eigenvalue weighted by Gasteiger charge is 2.17. The first-order valence-electron chi connectivity index (χ1n) is 10.3. The molecule has 0 unspecified atom stereocenters. The molecule has 1 heterocycles. The molecule has 3 rings (SSSR count). The average molecular weight is 436 g/mol. The van der Waals surface area contributed by atoms with Gasteiger partial charge in [0.2, 0.25) is 11.8 Å². The Morgan fingerprint density at radius 1 is 0.938 bits per heavy atom. The highest BCUT2D eigenvalue weighted by Crippen LogP contribution is 2.23. The number of hydrogen-bond donors (Lipinski definition) is 2. The van der Waals surface area contributed by atoms with Crippen molar-refractivity contribution in [2.45, 2.75) is 20.8 Å². The fraction of sp³-hybridized carbons (Fsp3) is 0.292. The van der Waals surface area contributed by atoms with Crippen LogP contribution < -0.4 is 15.4 Å². The number of aryl methyl sites for hydroxylation is 2. The molecule has 8 heteroatoms. The summed E-state index contributed by atoms with van der Waals surface area (Å²) < 4.78 is 6.92. The Morgan fingerprint density at radius 2 is 1.53 bits per heavy atom. The minimum atomic E-state index is -0.209. The Kier molecular flexibility index (Phi) is 7.27. The molecule has 3 aromatic rings. The molecule has 168 valence electrons. The maximum Gasteiger partial charge on any atom is 0.238 e. The standard InChI is InChI=1S/C24H29N5O3/c1-16-6-10-20(11-7-16)29-18(3)24(17(2)27-29)26-23(31)15-28(4)14-22(30)25-19-8-12-21(32-5)13-9-19/h6-13H,14-15H2,1-5H3,(H,25,30)(H,26,31). The molecule has 0 bridgehead atoms. The summed E-state index contributed by atoms with van der Waals surface area (Å²) in [6.07, 6.45) is 0. The molecule has 0 spiro atoms. The Morgan fingerprint density at radius 3 is 2.12 bits per heavy atom. The van der Waals surface area contributed by atoms with Crippen LogP contribution in [0.1, 0.15) is 17.0 Å². The van der Waals surface area contributed by atoms with E-state index in [1.54, 1.807) is 43.3 Å². The molecule has 0 aliphatic heterocycles. The van der Waals surface area contributed by atoms with E-state index in [1.807, 2.05) is 49.7 Å². The van der Waals surface area contributed by atoms with Gasteiger partial charge >= 0.3 is 0 Å². The fourth-order valence-corrected chi connectivity index (χ4v) is 3.36. The predicted octanol–water partition coefficient (Wildman–Crippen LogP) is 3.32. The summed E-state index contributed by atoms with van der Waals surface area (Å²) in [5, 5.41) is 10.3. The Balaban J connectivity index is 1.56. The molecule has 0 saturated heterocycles. The third-order valence-electron chi connectivity index (χ3n) is 5.04. The molecule has 0 aliphatic rings. The molecule has 0 saturated carbocycles. The van der Waals surface area contributed by atoms with E-state index in [-0.39, 0.29) is 24.9 Å². The van der Waals surface area contributed by atoms with Crippen molar-refractivity contribution in [1.82, 2.24) is 14.7 Å². The molecule has 0 fully saturated rings. The second-order valence-corrected chi connectivity index (χ2v) is 7.79. The zero-order chi connectivity index (χ0) is 23.3. The highest BCUT2D eigenvalue weighted by molar-refractivity contribution is 5.95. The number of methoxy groups -OCH3 is 1. The van der Waals surface area contributed by atoms with Gasteiger partial charge in [0.25, 0.3) is 0 Å². The van der Waals surface area contributed by atoms with Gasteiger partial charge in [-0.1, -0.05) is 17.7 Å².